The van der Waals surface area contributed by atoms with E-state index < -0.39 is 5.82 Å². The van der Waals surface area contributed by atoms with Gasteiger partial charge in [0, 0.05) is 13.7 Å². The third kappa shape index (κ3) is 3.14. The predicted molar refractivity (Wildman–Crippen MR) is 94.8 cm³/mol. The minimum Gasteiger partial charge on any atom is -0.383 e. The highest BCUT2D eigenvalue weighted by Gasteiger charge is 2.20. The van der Waals surface area contributed by atoms with Crippen molar-refractivity contribution in [2.24, 2.45) is 0 Å². The van der Waals surface area contributed by atoms with Crippen LogP contribution in [0.1, 0.15) is 24.4 Å². The number of hydrogen-bond donors (Lipinski definition) is 2. The van der Waals surface area contributed by atoms with E-state index in [1.807, 2.05) is 17.6 Å². The zero-order valence-electron chi connectivity index (χ0n) is 14.4. The van der Waals surface area contributed by atoms with Crippen molar-refractivity contribution < 1.29 is 9.13 Å². The van der Waals surface area contributed by atoms with Gasteiger partial charge in [-0.2, -0.15) is 5.26 Å². The number of nitrogens with two attached hydrogens (primary N) is 1. The summed E-state index contributed by atoms with van der Waals surface area (Å²) in [7, 11) is 1.60. The van der Waals surface area contributed by atoms with Crippen molar-refractivity contribution in [1.82, 2.24) is 19.5 Å². The number of ether oxygens (including phenoxy) is 1. The van der Waals surface area contributed by atoms with Gasteiger partial charge in [-0.25, -0.2) is 19.3 Å². The summed E-state index contributed by atoms with van der Waals surface area (Å²) in [6.07, 6.45) is 1.28. The van der Waals surface area contributed by atoms with Crippen LogP contribution < -0.4 is 11.1 Å². The molecule has 1 aromatic carbocycles. The molecule has 8 nitrogen and oxygen atoms in total. The zero-order valence-corrected chi connectivity index (χ0v) is 14.4. The second kappa shape index (κ2) is 7.33. The molecule has 0 saturated carbocycles. The van der Waals surface area contributed by atoms with Crippen LogP contribution in [-0.2, 0) is 11.3 Å². The number of rotatable bonds is 6. The third-order valence-electron chi connectivity index (χ3n) is 4.01. The van der Waals surface area contributed by atoms with E-state index in [0.29, 0.717) is 30.3 Å². The first-order chi connectivity index (χ1) is 12.6. The summed E-state index contributed by atoms with van der Waals surface area (Å²) in [5, 5.41) is 12.4. The number of nitriles is 1. The highest BCUT2D eigenvalue weighted by molar-refractivity contribution is 5.77. The Hall–Kier alpha value is -3.25. The Bertz CT molecular complexity index is 979. The molecule has 0 amide bonds. The molecule has 1 unspecified atom stereocenters. The van der Waals surface area contributed by atoms with E-state index in [1.54, 1.807) is 19.2 Å². The summed E-state index contributed by atoms with van der Waals surface area (Å²) < 4.78 is 21.2. The highest BCUT2D eigenvalue weighted by atomic mass is 19.1. The summed E-state index contributed by atoms with van der Waals surface area (Å²) in [5.74, 6) is 0.605. The van der Waals surface area contributed by atoms with Crippen LogP contribution in [0.2, 0.25) is 0 Å². The average molecular weight is 355 g/mol. The number of methoxy groups -OCH3 is 1. The van der Waals surface area contributed by atoms with E-state index in [-0.39, 0.29) is 22.9 Å². The summed E-state index contributed by atoms with van der Waals surface area (Å²) in [4.78, 5) is 12.3. The number of hydrogen-bond acceptors (Lipinski definition) is 7. The molecule has 0 spiro atoms. The maximum atomic E-state index is 14.2. The van der Waals surface area contributed by atoms with Crippen molar-refractivity contribution >= 4 is 22.7 Å². The number of fused-ring (bicyclic) bond motifs is 1. The predicted octanol–water partition coefficient (Wildman–Crippen LogP) is 2.24. The number of para-hydroxylation sites is 1. The molecule has 0 aliphatic heterocycles. The van der Waals surface area contributed by atoms with Crippen molar-refractivity contribution in [3.63, 3.8) is 0 Å². The molecule has 2 heterocycles. The van der Waals surface area contributed by atoms with Gasteiger partial charge in [0.15, 0.2) is 5.82 Å². The number of nitrogen functional groups attached to an aromatic ring is 1. The number of benzene rings is 1. The zero-order chi connectivity index (χ0) is 18.7. The minimum absolute atomic E-state index is 0.0936. The van der Waals surface area contributed by atoms with Gasteiger partial charge < -0.3 is 20.4 Å². The molecule has 26 heavy (non-hydrogen) atoms. The second-order valence-corrected chi connectivity index (χ2v) is 5.68. The van der Waals surface area contributed by atoms with Gasteiger partial charge >= 0.3 is 0 Å². The van der Waals surface area contributed by atoms with Crippen LogP contribution in [0.3, 0.4) is 0 Å². The van der Waals surface area contributed by atoms with Crippen molar-refractivity contribution in [3.05, 3.63) is 41.7 Å². The number of halogens is 1. The summed E-state index contributed by atoms with van der Waals surface area (Å²) >= 11 is 0. The third-order valence-corrected chi connectivity index (χ3v) is 4.01. The number of nitrogens with zero attached hydrogens (tertiary/aromatic N) is 5. The van der Waals surface area contributed by atoms with Crippen LogP contribution in [0.4, 0.5) is 16.0 Å². The number of imidazole rings is 1. The van der Waals surface area contributed by atoms with Crippen molar-refractivity contribution in [3.8, 4) is 6.07 Å². The van der Waals surface area contributed by atoms with E-state index in [1.165, 1.54) is 12.4 Å². The van der Waals surface area contributed by atoms with E-state index in [4.69, 9.17) is 10.5 Å². The van der Waals surface area contributed by atoms with E-state index in [2.05, 4.69) is 20.3 Å². The Kier molecular flexibility index (Phi) is 4.95. The Labute approximate surface area is 149 Å². The molecular formula is C17H18FN7O. The van der Waals surface area contributed by atoms with Gasteiger partial charge in [0.1, 0.15) is 40.9 Å². The lowest BCUT2D eigenvalue weighted by molar-refractivity contribution is 0.187. The molecule has 0 aliphatic carbocycles. The molecule has 134 valence electrons. The maximum Gasteiger partial charge on any atom is 0.151 e. The van der Waals surface area contributed by atoms with Gasteiger partial charge in [-0.1, -0.05) is 6.07 Å². The lowest BCUT2D eigenvalue weighted by Crippen LogP contribution is -2.17. The fourth-order valence-electron chi connectivity index (χ4n) is 2.77. The lowest BCUT2D eigenvalue weighted by atomic mass is 10.2. The lowest BCUT2D eigenvalue weighted by Gasteiger charge is -2.17. The number of anilines is 2. The molecule has 2 aromatic heterocycles. The molecule has 0 fully saturated rings. The van der Waals surface area contributed by atoms with Gasteiger partial charge in [-0.3, -0.25) is 0 Å². The smallest absolute Gasteiger partial charge is 0.151 e. The van der Waals surface area contributed by atoms with Gasteiger partial charge in [-0.15, -0.1) is 0 Å². The Morgan fingerprint density at radius 2 is 2.23 bits per heavy atom. The number of nitrogens with one attached hydrogen (secondary N) is 1. The van der Waals surface area contributed by atoms with E-state index in [0.717, 1.165) is 0 Å². The fraction of sp³-hybridized carbons (Fsp3) is 0.294. The molecule has 1 atom stereocenters. The van der Waals surface area contributed by atoms with Crippen LogP contribution >= 0.6 is 0 Å². The van der Waals surface area contributed by atoms with E-state index >= 15 is 0 Å². The van der Waals surface area contributed by atoms with Crippen LogP contribution in [0.15, 0.2) is 24.5 Å². The second-order valence-electron chi connectivity index (χ2n) is 5.68. The molecule has 0 aliphatic rings. The van der Waals surface area contributed by atoms with Crippen molar-refractivity contribution in [1.29, 1.82) is 5.26 Å². The van der Waals surface area contributed by atoms with Gasteiger partial charge in [0.05, 0.1) is 18.2 Å². The summed E-state index contributed by atoms with van der Waals surface area (Å²) in [6.45, 7) is 2.81. The van der Waals surface area contributed by atoms with Crippen LogP contribution in [-0.4, -0.2) is 33.2 Å². The SMILES string of the molecule is COCCn1c(C(C)Nc2ncnc(N)c2C#N)nc2c(F)cccc21. The molecule has 0 radical (unpaired) electrons. The average Bonchev–Trinajstić information content (AvgIpc) is 3.00. The molecular weight excluding hydrogens is 337 g/mol. The Morgan fingerprint density at radius 3 is 2.96 bits per heavy atom. The quantitative estimate of drug-likeness (QED) is 0.697. The molecule has 9 heteroatoms. The van der Waals surface area contributed by atoms with Gasteiger partial charge in [0.2, 0.25) is 0 Å². The first-order valence-corrected chi connectivity index (χ1v) is 7.97. The largest absolute Gasteiger partial charge is 0.383 e. The molecule has 3 aromatic rings. The summed E-state index contributed by atoms with van der Waals surface area (Å²) in [6, 6.07) is 6.44. The molecule has 0 bridgehead atoms. The van der Waals surface area contributed by atoms with Crippen LogP contribution in [0.5, 0.6) is 0 Å². The molecule has 3 rings (SSSR count). The first-order valence-electron chi connectivity index (χ1n) is 7.97. The fourth-order valence-corrected chi connectivity index (χ4v) is 2.77. The van der Waals surface area contributed by atoms with Crippen molar-refractivity contribution in [2.75, 3.05) is 24.8 Å². The normalized spacial score (nSPS) is 12.1. The van der Waals surface area contributed by atoms with Gasteiger partial charge in [0.25, 0.3) is 0 Å². The Morgan fingerprint density at radius 1 is 1.42 bits per heavy atom. The topological polar surface area (TPSA) is 115 Å². The molecule has 3 N–H and O–H groups in total. The maximum absolute atomic E-state index is 14.2. The van der Waals surface area contributed by atoms with Crippen LogP contribution in [0, 0.1) is 17.1 Å². The summed E-state index contributed by atoms with van der Waals surface area (Å²) in [5.41, 5.74) is 6.84. The van der Waals surface area contributed by atoms with E-state index in [9.17, 15) is 9.65 Å². The van der Waals surface area contributed by atoms with Crippen LogP contribution in [0.25, 0.3) is 11.0 Å². The highest BCUT2D eigenvalue weighted by Crippen LogP contribution is 2.26. The minimum atomic E-state index is -0.392. The number of aromatic nitrogens is 4. The molecule has 0 saturated heterocycles. The first kappa shape index (κ1) is 17.6. The van der Waals surface area contributed by atoms with Crippen molar-refractivity contribution in [2.45, 2.75) is 19.5 Å². The van der Waals surface area contributed by atoms with Gasteiger partial charge in [-0.05, 0) is 19.1 Å². The monoisotopic (exact) mass is 355 g/mol. The standard InChI is InChI=1S/C17H18FN7O/c1-10(23-16-11(8-19)15(20)21-9-22-16)17-24-14-12(18)4-3-5-13(14)25(17)6-7-26-2/h3-5,9-10H,6-7H2,1-2H3,(H3,20,21,22,23). The Balaban J connectivity index is 2.03.